The SMILES string of the molecule is Cc1ccc(O)c(C2C[C@]3(C)C[C@H]2CC3(C)C)c1. The van der Waals surface area contributed by atoms with Gasteiger partial charge in [-0.1, -0.05) is 38.5 Å². The van der Waals surface area contributed by atoms with Crippen molar-refractivity contribution in [2.24, 2.45) is 16.7 Å². The molecule has 0 amide bonds. The van der Waals surface area contributed by atoms with Gasteiger partial charge in [0.15, 0.2) is 0 Å². The van der Waals surface area contributed by atoms with Crippen molar-refractivity contribution in [3.8, 4) is 5.75 Å². The summed E-state index contributed by atoms with van der Waals surface area (Å²) >= 11 is 0. The average Bonchev–Trinajstić information content (AvgIpc) is 2.70. The van der Waals surface area contributed by atoms with E-state index in [9.17, 15) is 5.11 Å². The smallest absolute Gasteiger partial charge is 0.119 e. The first-order valence-corrected chi connectivity index (χ1v) is 7.12. The van der Waals surface area contributed by atoms with Crippen molar-refractivity contribution >= 4 is 0 Å². The number of hydrogen-bond donors (Lipinski definition) is 1. The van der Waals surface area contributed by atoms with Gasteiger partial charge in [-0.15, -0.1) is 0 Å². The zero-order valence-electron chi connectivity index (χ0n) is 12.0. The summed E-state index contributed by atoms with van der Waals surface area (Å²) in [6, 6.07) is 6.05. The Kier molecular flexibility index (Phi) is 2.36. The molecule has 0 aliphatic heterocycles. The van der Waals surface area contributed by atoms with Gasteiger partial charge in [-0.3, -0.25) is 0 Å². The molecule has 3 rings (SSSR count). The molecule has 3 atom stereocenters. The predicted octanol–water partition coefficient (Wildman–Crippen LogP) is 4.63. The zero-order chi connectivity index (χ0) is 13.1. The van der Waals surface area contributed by atoms with Crippen molar-refractivity contribution in [2.75, 3.05) is 0 Å². The Morgan fingerprint density at radius 2 is 1.83 bits per heavy atom. The lowest BCUT2D eigenvalue weighted by molar-refractivity contribution is 0.102. The van der Waals surface area contributed by atoms with E-state index in [1.165, 1.54) is 30.4 Å². The Hall–Kier alpha value is -0.980. The summed E-state index contributed by atoms with van der Waals surface area (Å²) in [7, 11) is 0. The number of phenols is 1. The van der Waals surface area contributed by atoms with Gasteiger partial charge in [-0.25, -0.2) is 0 Å². The van der Waals surface area contributed by atoms with Crippen LogP contribution in [0.3, 0.4) is 0 Å². The summed E-state index contributed by atoms with van der Waals surface area (Å²) in [6.07, 6.45) is 3.88. The van der Waals surface area contributed by atoms with Crippen LogP contribution in [0.1, 0.15) is 57.1 Å². The second kappa shape index (κ2) is 3.53. The van der Waals surface area contributed by atoms with E-state index in [2.05, 4.69) is 33.8 Å². The highest BCUT2D eigenvalue weighted by atomic mass is 16.3. The van der Waals surface area contributed by atoms with Crippen LogP contribution in [-0.4, -0.2) is 5.11 Å². The maximum absolute atomic E-state index is 10.1. The molecule has 2 bridgehead atoms. The molecule has 18 heavy (non-hydrogen) atoms. The van der Waals surface area contributed by atoms with Gasteiger partial charge in [0.1, 0.15) is 5.75 Å². The molecule has 2 fully saturated rings. The van der Waals surface area contributed by atoms with E-state index in [0.717, 1.165) is 5.92 Å². The largest absolute Gasteiger partial charge is 0.508 e. The fourth-order valence-electron chi connectivity index (χ4n) is 4.46. The van der Waals surface area contributed by atoms with Crippen LogP contribution in [0.25, 0.3) is 0 Å². The minimum Gasteiger partial charge on any atom is -0.508 e. The van der Waals surface area contributed by atoms with Gasteiger partial charge >= 0.3 is 0 Å². The molecule has 1 heteroatoms. The first-order valence-electron chi connectivity index (χ1n) is 7.12. The van der Waals surface area contributed by atoms with Crippen LogP contribution in [0.2, 0.25) is 0 Å². The molecule has 0 heterocycles. The lowest BCUT2D eigenvalue weighted by Crippen LogP contribution is -2.32. The highest BCUT2D eigenvalue weighted by molar-refractivity contribution is 5.40. The molecule has 0 aromatic heterocycles. The maximum atomic E-state index is 10.1. The summed E-state index contributed by atoms with van der Waals surface area (Å²) in [5, 5.41) is 10.1. The van der Waals surface area contributed by atoms with Crippen molar-refractivity contribution < 1.29 is 5.11 Å². The molecular formula is C17H24O. The number of phenolic OH excluding ortho intramolecular Hbond substituents is 1. The summed E-state index contributed by atoms with van der Waals surface area (Å²) < 4.78 is 0. The van der Waals surface area contributed by atoms with Crippen molar-refractivity contribution in [3.05, 3.63) is 29.3 Å². The highest BCUT2D eigenvalue weighted by Crippen LogP contribution is 2.68. The Morgan fingerprint density at radius 3 is 2.39 bits per heavy atom. The Labute approximate surface area is 110 Å². The van der Waals surface area contributed by atoms with Crippen LogP contribution in [0.5, 0.6) is 5.75 Å². The molecule has 2 aliphatic rings. The van der Waals surface area contributed by atoms with Crippen LogP contribution in [0.4, 0.5) is 0 Å². The van der Waals surface area contributed by atoms with E-state index in [0.29, 0.717) is 22.5 Å². The second-order valence-corrected chi connectivity index (χ2v) is 7.49. The van der Waals surface area contributed by atoms with Gasteiger partial charge in [0.2, 0.25) is 0 Å². The summed E-state index contributed by atoms with van der Waals surface area (Å²) in [5.74, 6) is 1.83. The zero-order valence-corrected chi connectivity index (χ0v) is 12.0. The lowest BCUT2D eigenvalue weighted by atomic mass is 9.63. The van der Waals surface area contributed by atoms with Crippen LogP contribution in [-0.2, 0) is 0 Å². The minimum absolute atomic E-state index is 0.457. The van der Waals surface area contributed by atoms with Crippen molar-refractivity contribution in [2.45, 2.75) is 52.9 Å². The quantitative estimate of drug-likeness (QED) is 0.763. The van der Waals surface area contributed by atoms with E-state index in [-0.39, 0.29) is 0 Å². The molecule has 1 unspecified atom stereocenters. The van der Waals surface area contributed by atoms with E-state index in [1.807, 2.05) is 12.1 Å². The number of hydrogen-bond acceptors (Lipinski definition) is 1. The number of aromatic hydroxyl groups is 1. The molecule has 2 saturated carbocycles. The molecule has 0 saturated heterocycles. The lowest BCUT2D eigenvalue weighted by Gasteiger charge is -2.42. The summed E-state index contributed by atoms with van der Waals surface area (Å²) in [4.78, 5) is 0. The Morgan fingerprint density at radius 1 is 1.11 bits per heavy atom. The van der Waals surface area contributed by atoms with Gasteiger partial charge < -0.3 is 5.11 Å². The normalized spacial score (nSPS) is 37.1. The molecule has 98 valence electrons. The fourth-order valence-corrected chi connectivity index (χ4v) is 4.46. The van der Waals surface area contributed by atoms with Crippen molar-refractivity contribution in [1.29, 1.82) is 0 Å². The van der Waals surface area contributed by atoms with E-state index in [1.54, 1.807) is 0 Å². The molecule has 1 nitrogen and oxygen atoms in total. The van der Waals surface area contributed by atoms with Gasteiger partial charge in [0.25, 0.3) is 0 Å². The molecule has 1 N–H and O–H groups in total. The minimum atomic E-state index is 0.457. The summed E-state index contributed by atoms with van der Waals surface area (Å²) in [5.41, 5.74) is 3.38. The van der Waals surface area contributed by atoms with Crippen LogP contribution < -0.4 is 0 Å². The monoisotopic (exact) mass is 244 g/mol. The Balaban J connectivity index is 1.96. The van der Waals surface area contributed by atoms with E-state index >= 15 is 0 Å². The molecule has 1 aromatic carbocycles. The van der Waals surface area contributed by atoms with Crippen LogP contribution >= 0.6 is 0 Å². The maximum Gasteiger partial charge on any atom is 0.119 e. The number of benzene rings is 1. The van der Waals surface area contributed by atoms with Crippen LogP contribution in [0, 0.1) is 23.7 Å². The van der Waals surface area contributed by atoms with Crippen LogP contribution in [0.15, 0.2) is 18.2 Å². The fraction of sp³-hybridized carbons (Fsp3) is 0.647. The topological polar surface area (TPSA) is 20.2 Å². The molecule has 0 radical (unpaired) electrons. The standard InChI is InChI=1S/C17H24O/c1-11-5-6-15(18)13(7-11)14-10-17(4)9-12(14)8-16(17,2)3/h5-7,12,14,18H,8-10H2,1-4H3/t12-,14?,17+/m1/s1. The molecule has 1 aromatic rings. The van der Waals surface area contributed by atoms with E-state index in [4.69, 9.17) is 0 Å². The third kappa shape index (κ3) is 1.52. The number of aryl methyl sites for hydroxylation is 1. The van der Waals surface area contributed by atoms with Gasteiger partial charge in [-0.05, 0) is 60.5 Å². The van der Waals surface area contributed by atoms with Crippen molar-refractivity contribution in [1.82, 2.24) is 0 Å². The van der Waals surface area contributed by atoms with Crippen molar-refractivity contribution in [3.63, 3.8) is 0 Å². The second-order valence-electron chi connectivity index (χ2n) is 7.49. The molecular weight excluding hydrogens is 220 g/mol. The van der Waals surface area contributed by atoms with Gasteiger partial charge in [0, 0.05) is 0 Å². The number of fused-ring (bicyclic) bond motifs is 2. The summed E-state index contributed by atoms with van der Waals surface area (Å²) in [6.45, 7) is 9.39. The molecule has 2 aliphatic carbocycles. The Bertz CT molecular complexity index is 486. The molecule has 0 spiro atoms. The first kappa shape index (κ1) is 12.1. The van der Waals surface area contributed by atoms with E-state index < -0.39 is 0 Å². The predicted molar refractivity (Wildman–Crippen MR) is 74.8 cm³/mol. The van der Waals surface area contributed by atoms with Gasteiger partial charge in [0.05, 0.1) is 0 Å². The third-order valence-electron chi connectivity index (χ3n) is 5.94. The number of rotatable bonds is 1. The average molecular weight is 244 g/mol. The van der Waals surface area contributed by atoms with Gasteiger partial charge in [-0.2, -0.15) is 0 Å². The third-order valence-corrected chi connectivity index (χ3v) is 5.94. The first-order chi connectivity index (χ1) is 8.32. The highest BCUT2D eigenvalue weighted by Gasteiger charge is 2.58.